The molecule has 10 heteroatoms. The quantitative estimate of drug-likeness (QED) is 0.438. The van der Waals surface area contributed by atoms with E-state index in [-0.39, 0.29) is 28.2 Å². The molecule has 0 unspecified atom stereocenters. The van der Waals surface area contributed by atoms with Crippen LogP contribution in [-0.4, -0.2) is 50.5 Å². The van der Waals surface area contributed by atoms with Crippen molar-refractivity contribution in [2.45, 2.75) is 46.2 Å². The Morgan fingerprint density at radius 1 is 1.06 bits per heavy atom. The summed E-state index contributed by atoms with van der Waals surface area (Å²) in [6.07, 6.45) is 2.74. The Hall–Kier alpha value is -2.29. The molecule has 1 N–H and O–H groups in total. The lowest BCUT2D eigenvalue weighted by Gasteiger charge is -2.31. The number of nitrogens with one attached hydrogen (secondary N) is 1. The number of nitrogens with zero attached hydrogens (tertiary/aromatic N) is 2. The fourth-order valence-electron chi connectivity index (χ4n) is 3.31. The van der Waals surface area contributed by atoms with Crippen molar-refractivity contribution in [3.05, 3.63) is 63.6 Å². The second-order valence-corrected chi connectivity index (χ2v) is 11.0. The molecule has 0 radical (unpaired) electrons. The van der Waals surface area contributed by atoms with E-state index < -0.39 is 28.5 Å². The van der Waals surface area contributed by atoms with Crippen LogP contribution in [0.4, 0.5) is 5.69 Å². The zero-order chi connectivity index (χ0) is 25.5. The summed E-state index contributed by atoms with van der Waals surface area (Å²) in [4.78, 5) is 27.6. The van der Waals surface area contributed by atoms with Crippen molar-refractivity contribution < 1.29 is 18.0 Å². The van der Waals surface area contributed by atoms with Crippen LogP contribution in [0, 0.1) is 6.92 Å². The van der Waals surface area contributed by atoms with E-state index >= 15 is 0 Å². The summed E-state index contributed by atoms with van der Waals surface area (Å²) >= 11 is 12.1. The van der Waals surface area contributed by atoms with Gasteiger partial charge in [0.15, 0.2) is 0 Å². The summed E-state index contributed by atoms with van der Waals surface area (Å²) in [6, 6.07) is 11.1. The van der Waals surface area contributed by atoms with Gasteiger partial charge in [0.2, 0.25) is 21.8 Å². The van der Waals surface area contributed by atoms with Crippen molar-refractivity contribution in [1.29, 1.82) is 0 Å². The van der Waals surface area contributed by atoms with Gasteiger partial charge in [-0.1, -0.05) is 66.4 Å². The van der Waals surface area contributed by atoms with Gasteiger partial charge in [-0.3, -0.25) is 13.9 Å². The van der Waals surface area contributed by atoms with Gasteiger partial charge in [-0.05, 0) is 44.0 Å². The van der Waals surface area contributed by atoms with Gasteiger partial charge >= 0.3 is 0 Å². The molecule has 1 atom stereocenters. The Morgan fingerprint density at radius 2 is 1.65 bits per heavy atom. The largest absolute Gasteiger partial charge is 0.354 e. The van der Waals surface area contributed by atoms with E-state index in [9.17, 15) is 18.0 Å². The Kier molecular flexibility index (Phi) is 10.2. The number of carbonyl (C=O) groups is 2. The molecule has 0 heterocycles. The number of aryl methyl sites for hydroxylation is 1. The maximum Gasteiger partial charge on any atom is 0.244 e. The number of hydrogen-bond donors (Lipinski definition) is 1. The second-order valence-electron chi connectivity index (χ2n) is 8.23. The van der Waals surface area contributed by atoms with E-state index in [0.717, 1.165) is 34.5 Å². The lowest BCUT2D eigenvalue weighted by atomic mass is 10.1. The molecule has 0 aliphatic carbocycles. The highest BCUT2D eigenvalue weighted by atomic mass is 35.5. The average molecular weight is 529 g/mol. The van der Waals surface area contributed by atoms with Gasteiger partial charge in [-0.25, -0.2) is 8.42 Å². The molecular formula is C24H31Cl2N3O4S. The number of benzene rings is 2. The summed E-state index contributed by atoms with van der Waals surface area (Å²) in [5.41, 5.74) is 2.06. The minimum Gasteiger partial charge on any atom is -0.354 e. The Bertz CT molecular complexity index is 1090. The first-order valence-corrected chi connectivity index (χ1v) is 13.6. The minimum atomic E-state index is -3.85. The molecule has 0 aromatic heterocycles. The number of halogens is 2. The minimum absolute atomic E-state index is 0.148. The molecule has 2 amide bonds. The van der Waals surface area contributed by atoms with Gasteiger partial charge in [0.25, 0.3) is 0 Å². The van der Waals surface area contributed by atoms with Gasteiger partial charge in [-0.2, -0.15) is 0 Å². The van der Waals surface area contributed by atoms with Crippen LogP contribution in [0.25, 0.3) is 0 Å². The summed E-state index contributed by atoms with van der Waals surface area (Å²) in [5, 5.41) is 3.32. The summed E-state index contributed by atoms with van der Waals surface area (Å²) in [5.74, 6) is -0.828. The van der Waals surface area contributed by atoms with E-state index in [2.05, 4.69) is 5.32 Å². The van der Waals surface area contributed by atoms with Gasteiger partial charge in [0.1, 0.15) is 12.6 Å². The third-order valence-corrected chi connectivity index (χ3v) is 6.86. The van der Waals surface area contributed by atoms with Crippen molar-refractivity contribution >= 4 is 50.7 Å². The van der Waals surface area contributed by atoms with E-state index in [1.807, 2.05) is 38.1 Å². The SMILES string of the molecule is CCCCNC(=O)[C@H](C)N(Cc1ccc(C)cc1)C(=O)CN(c1cc(Cl)cc(Cl)c1)S(C)(=O)=O. The Morgan fingerprint density at radius 3 is 2.18 bits per heavy atom. The number of hydrogen-bond acceptors (Lipinski definition) is 4. The summed E-state index contributed by atoms with van der Waals surface area (Å²) in [6.45, 7) is 5.75. The molecule has 2 aromatic carbocycles. The number of unbranched alkanes of at least 4 members (excludes halogenated alkanes) is 1. The zero-order valence-electron chi connectivity index (χ0n) is 19.8. The molecule has 2 rings (SSSR count). The predicted molar refractivity (Wildman–Crippen MR) is 138 cm³/mol. The van der Waals surface area contributed by atoms with Crippen LogP contribution in [0.3, 0.4) is 0 Å². The van der Waals surface area contributed by atoms with E-state index in [1.165, 1.54) is 23.1 Å². The number of amides is 2. The standard InChI is InChI=1S/C24H31Cl2N3O4S/c1-5-6-11-27-24(31)18(3)28(15-19-9-7-17(2)8-10-19)23(30)16-29(34(4,32)33)22-13-20(25)12-21(26)14-22/h7-10,12-14,18H,5-6,11,15-16H2,1-4H3,(H,27,31)/t18-/m0/s1. The molecule has 186 valence electrons. The van der Waals surface area contributed by atoms with Gasteiger partial charge in [-0.15, -0.1) is 0 Å². The first-order valence-electron chi connectivity index (χ1n) is 11.0. The van der Waals surface area contributed by atoms with Crippen LogP contribution in [-0.2, 0) is 26.2 Å². The van der Waals surface area contributed by atoms with Gasteiger partial charge in [0, 0.05) is 23.1 Å². The fourth-order valence-corrected chi connectivity index (χ4v) is 4.65. The van der Waals surface area contributed by atoms with Gasteiger partial charge in [0.05, 0.1) is 11.9 Å². The normalized spacial score (nSPS) is 12.2. The van der Waals surface area contributed by atoms with Crippen molar-refractivity contribution in [2.24, 2.45) is 0 Å². The second kappa shape index (κ2) is 12.4. The van der Waals surface area contributed by atoms with Crippen molar-refractivity contribution in [3.8, 4) is 0 Å². The summed E-state index contributed by atoms with van der Waals surface area (Å²) in [7, 11) is -3.85. The van der Waals surface area contributed by atoms with Crippen LogP contribution in [0.5, 0.6) is 0 Å². The van der Waals surface area contributed by atoms with Crippen LogP contribution in [0.1, 0.15) is 37.8 Å². The molecule has 0 bridgehead atoms. The van der Waals surface area contributed by atoms with E-state index in [1.54, 1.807) is 6.92 Å². The monoisotopic (exact) mass is 527 g/mol. The fraction of sp³-hybridized carbons (Fsp3) is 0.417. The highest BCUT2D eigenvalue weighted by Crippen LogP contribution is 2.27. The lowest BCUT2D eigenvalue weighted by molar-refractivity contribution is -0.139. The molecule has 2 aromatic rings. The van der Waals surface area contributed by atoms with Crippen molar-refractivity contribution in [2.75, 3.05) is 23.7 Å². The molecule has 0 saturated carbocycles. The number of sulfonamides is 1. The number of rotatable bonds is 11. The molecule has 0 aliphatic heterocycles. The predicted octanol–water partition coefficient (Wildman–Crippen LogP) is 4.40. The Balaban J connectivity index is 2.37. The molecule has 0 spiro atoms. The van der Waals surface area contributed by atoms with Crippen LogP contribution in [0.15, 0.2) is 42.5 Å². The maximum atomic E-state index is 13.5. The first kappa shape index (κ1) is 28.0. The first-order chi connectivity index (χ1) is 15.9. The summed E-state index contributed by atoms with van der Waals surface area (Å²) < 4.78 is 26.1. The lowest BCUT2D eigenvalue weighted by Crippen LogP contribution is -2.51. The van der Waals surface area contributed by atoms with E-state index in [0.29, 0.717) is 6.54 Å². The molecule has 0 saturated heterocycles. The Labute approximate surface area is 212 Å². The topological polar surface area (TPSA) is 86.8 Å². The average Bonchev–Trinajstić information content (AvgIpc) is 2.75. The third-order valence-electron chi connectivity index (χ3n) is 5.28. The van der Waals surface area contributed by atoms with Crippen molar-refractivity contribution in [1.82, 2.24) is 10.2 Å². The van der Waals surface area contributed by atoms with Gasteiger partial charge < -0.3 is 10.2 Å². The zero-order valence-corrected chi connectivity index (χ0v) is 22.2. The molecular weight excluding hydrogens is 497 g/mol. The molecule has 7 nitrogen and oxygen atoms in total. The third kappa shape index (κ3) is 8.18. The molecule has 34 heavy (non-hydrogen) atoms. The molecule has 0 fully saturated rings. The molecule has 0 aliphatic rings. The van der Waals surface area contributed by atoms with Crippen molar-refractivity contribution in [3.63, 3.8) is 0 Å². The highest BCUT2D eigenvalue weighted by molar-refractivity contribution is 7.92. The van der Waals surface area contributed by atoms with Crippen LogP contribution < -0.4 is 9.62 Å². The number of carbonyl (C=O) groups excluding carboxylic acids is 2. The van der Waals surface area contributed by atoms with Crippen LogP contribution in [0.2, 0.25) is 10.0 Å². The van der Waals surface area contributed by atoms with Crippen LogP contribution >= 0.6 is 23.2 Å². The smallest absolute Gasteiger partial charge is 0.244 e. The highest BCUT2D eigenvalue weighted by Gasteiger charge is 2.30. The van der Waals surface area contributed by atoms with E-state index in [4.69, 9.17) is 23.2 Å². The maximum absolute atomic E-state index is 13.5. The number of anilines is 1.